The molecule has 0 aliphatic rings. The topological polar surface area (TPSA) is 96.0 Å². The minimum atomic E-state index is -3.55. The molecule has 2 amide bonds. The first-order valence-corrected chi connectivity index (χ1v) is 11.6. The summed E-state index contributed by atoms with van der Waals surface area (Å²) in [5.74, 6) is -0.119. The minimum absolute atomic E-state index is 0.144. The van der Waals surface area contributed by atoms with Crippen LogP contribution in [0.25, 0.3) is 0 Å². The molecular weight excluding hydrogens is 418 g/mol. The first kappa shape index (κ1) is 24.4. The Balaban J connectivity index is 2.39. The van der Waals surface area contributed by atoms with Gasteiger partial charge in [-0.1, -0.05) is 42.5 Å². The van der Waals surface area contributed by atoms with Crippen LogP contribution in [0.5, 0.6) is 5.75 Å². The largest absolute Gasteiger partial charge is 0.497 e. The maximum Gasteiger partial charge on any atom is 0.242 e. The van der Waals surface area contributed by atoms with Crippen molar-refractivity contribution in [3.63, 3.8) is 0 Å². The van der Waals surface area contributed by atoms with Gasteiger partial charge in [0.1, 0.15) is 11.8 Å². The predicted molar refractivity (Wildman–Crippen MR) is 119 cm³/mol. The quantitative estimate of drug-likeness (QED) is 0.592. The standard InChI is InChI=1S/C22H29N3O5S/c1-23-22(27)20(14-17-8-6-5-7-9-17)25(21(26)16-24(2)31(4,28)29)15-18-10-12-19(30-3)13-11-18/h5-13,20H,14-16H2,1-4H3,(H,23,27)/t20-/m0/s1. The predicted octanol–water partition coefficient (Wildman–Crippen LogP) is 1.27. The average molecular weight is 448 g/mol. The number of likely N-dealkylation sites (N-methyl/N-ethyl adjacent to an activating group) is 2. The maximum atomic E-state index is 13.2. The highest BCUT2D eigenvalue weighted by molar-refractivity contribution is 7.88. The lowest BCUT2D eigenvalue weighted by Gasteiger charge is -2.32. The van der Waals surface area contributed by atoms with E-state index in [0.717, 1.165) is 21.7 Å². The van der Waals surface area contributed by atoms with Gasteiger partial charge in [-0.25, -0.2) is 8.42 Å². The van der Waals surface area contributed by atoms with E-state index in [4.69, 9.17) is 4.74 Å². The molecule has 2 aromatic carbocycles. The van der Waals surface area contributed by atoms with E-state index in [-0.39, 0.29) is 19.0 Å². The van der Waals surface area contributed by atoms with E-state index >= 15 is 0 Å². The molecule has 9 heteroatoms. The lowest BCUT2D eigenvalue weighted by atomic mass is 10.0. The van der Waals surface area contributed by atoms with Crippen molar-refractivity contribution in [2.24, 2.45) is 0 Å². The molecule has 0 saturated heterocycles. The molecule has 0 spiro atoms. The number of amides is 2. The van der Waals surface area contributed by atoms with Crippen molar-refractivity contribution in [3.8, 4) is 5.75 Å². The number of ether oxygens (including phenoxy) is 1. The van der Waals surface area contributed by atoms with Crippen LogP contribution < -0.4 is 10.1 Å². The molecule has 2 aromatic rings. The summed E-state index contributed by atoms with van der Waals surface area (Å²) in [5, 5.41) is 2.62. The number of nitrogens with zero attached hydrogens (tertiary/aromatic N) is 2. The van der Waals surface area contributed by atoms with E-state index in [1.54, 1.807) is 19.2 Å². The molecule has 0 bridgehead atoms. The van der Waals surface area contributed by atoms with Gasteiger partial charge in [-0.05, 0) is 23.3 Å². The first-order chi connectivity index (χ1) is 14.7. The molecular formula is C22H29N3O5S. The molecule has 0 aliphatic heterocycles. The number of hydrogen-bond acceptors (Lipinski definition) is 5. The molecule has 0 unspecified atom stereocenters. The number of carbonyl (C=O) groups is 2. The van der Waals surface area contributed by atoms with E-state index in [9.17, 15) is 18.0 Å². The lowest BCUT2D eigenvalue weighted by Crippen LogP contribution is -2.52. The number of hydrogen-bond donors (Lipinski definition) is 1. The monoisotopic (exact) mass is 447 g/mol. The Kier molecular flexibility index (Phi) is 8.58. The van der Waals surface area contributed by atoms with Crippen LogP contribution in [0, 0.1) is 0 Å². The maximum absolute atomic E-state index is 13.2. The second kappa shape index (κ2) is 10.9. The number of carbonyl (C=O) groups excluding carboxylic acids is 2. The van der Waals surface area contributed by atoms with Crippen LogP contribution >= 0.6 is 0 Å². The molecule has 8 nitrogen and oxygen atoms in total. The molecule has 0 aromatic heterocycles. The van der Waals surface area contributed by atoms with Crippen molar-refractivity contribution in [3.05, 3.63) is 65.7 Å². The van der Waals surface area contributed by atoms with E-state index in [0.29, 0.717) is 12.2 Å². The fourth-order valence-electron chi connectivity index (χ4n) is 3.05. The van der Waals surface area contributed by atoms with Crippen molar-refractivity contribution >= 4 is 21.8 Å². The molecule has 168 valence electrons. The van der Waals surface area contributed by atoms with Crippen LogP contribution in [-0.4, -0.2) is 69.5 Å². The molecule has 0 radical (unpaired) electrons. The number of rotatable bonds is 10. The Morgan fingerprint density at radius 3 is 2.16 bits per heavy atom. The lowest BCUT2D eigenvalue weighted by molar-refractivity contribution is -0.141. The molecule has 0 saturated carbocycles. The third-order valence-corrected chi connectivity index (χ3v) is 6.21. The van der Waals surface area contributed by atoms with Gasteiger partial charge >= 0.3 is 0 Å². The molecule has 0 aliphatic carbocycles. The Morgan fingerprint density at radius 1 is 1.03 bits per heavy atom. The number of sulfonamides is 1. The van der Waals surface area contributed by atoms with Crippen molar-refractivity contribution in [2.45, 2.75) is 19.0 Å². The van der Waals surface area contributed by atoms with Gasteiger partial charge in [-0.2, -0.15) is 4.31 Å². The second-order valence-electron chi connectivity index (χ2n) is 7.21. The highest BCUT2D eigenvalue weighted by Crippen LogP contribution is 2.18. The fourth-order valence-corrected chi connectivity index (χ4v) is 3.39. The van der Waals surface area contributed by atoms with Crippen LogP contribution in [-0.2, 0) is 32.6 Å². The van der Waals surface area contributed by atoms with Crippen LogP contribution in [0.3, 0.4) is 0 Å². The zero-order valence-corrected chi connectivity index (χ0v) is 19.1. The van der Waals surface area contributed by atoms with Gasteiger partial charge in [0, 0.05) is 27.1 Å². The zero-order valence-electron chi connectivity index (χ0n) is 18.2. The summed E-state index contributed by atoms with van der Waals surface area (Å²) < 4.78 is 29.8. The van der Waals surface area contributed by atoms with Crippen molar-refractivity contribution < 1.29 is 22.7 Å². The first-order valence-electron chi connectivity index (χ1n) is 9.75. The van der Waals surface area contributed by atoms with Crippen LogP contribution in [0.15, 0.2) is 54.6 Å². The molecule has 2 rings (SSSR count). The normalized spacial score (nSPS) is 12.3. The van der Waals surface area contributed by atoms with Crippen molar-refractivity contribution in [2.75, 3.05) is 34.0 Å². The summed E-state index contributed by atoms with van der Waals surface area (Å²) in [5.41, 5.74) is 1.68. The molecule has 1 N–H and O–H groups in total. The highest BCUT2D eigenvalue weighted by atomic mass is 32.2. The zero-order chi connectivity index (χ0) is 23.0. The van der Waals surface area contributed by atoms with E-state index in [1.807, 2.05) is 42.5 Å². The number of benzene rings is 2. The summed E-state index contributed by atoms with van der Waals surface area (Å²) in [6.07, 6.45) is 1.33. The summed E-state index contributed by atoms with van der Waals surface area (Å²) in [7, 11) is 0.859. The average Bonchev–Trinajstić information content (AvgIpc) is 2.76. The Morgan fingerprint density at radius 2 is 1.65 bits per heavy atom. The highest BCUT2D eigenvalue weighted by Gasteiger charge is 2.31. The fraction of sp³-hybridized carbons (Fsp3) is 0.364. The SMILES string of the molecule is CNC(=O)[C@H](Cc1ccccc1)N(Cc1ccc(OC)cc1)C(=O)CN(C)S(C)(=O)=O. The molecule has 31 heavy (non-hydrogen) atoms. The van der Waals surface area contributed by atoms with E-state index < -0.39 is 22.0 Å². The summed E-state index contributed by atoms with van der Waals surface area (Å²) in [6.45, 7) is -0.220. The minimum Gasteiger partial charge on any atom is -0.497 e. The van der Waals surface area contributed by atoms with Crippen LogP contribution in [0.2, 0.25) is 0 Å². The summed E-state index contributed by atoms with van der Waals surface area (Å²) in [6, 6.07) is 15.7. The summed E-state index contributed by atoms with van der Waals surface area (Å²) >= 11 is 0. The van der Waals surface area contributed by atoms with Crippen molar-refractivity contribution in [1.82, 2.24) is 14.5 Å². The van der Waals surface area contributed by atoms with Crippen molar-refractivity contribution in [1.29, 1.82) is 0 Å². The molecule has 0 heterocycles. The van der Waals surface area contributed by atoms with Gasteiger partial charge in [-0.3, -0.25) is 9.59 Å². The molecule has 1 atom stereocenters. The Hall–Kier alpha value is -2.91. The third kappa shape index (κ3) is 7.08. The smallest absolute Gasteiger partial charge is 0.242 e. The summed E-state index contributed by atoms with van der Waals surface area (Å²) in [4.78, 5) is 27.4. The Labute approximate surface area is 183 Å². The third-order valence-electron chi connectivity index (χ3n) is 4.95. The van der Waals surface area contributed by atoms with Crippen LogP contribution in [0.1, 0.15) is 11.1 Å². The van der Waals surface area contributed by atoms with Gasteiger partial charge in [-0.15, -0.1) is 0 Å². The van der Waals surface area contributed by atoms with Gasteiger partial charge in [0.05, 0.1) is 19.9 Å². The van der Waals surface area contributed by atoms with Crippen LogP contribution in [0.4, 0.5) is 0 Å². The molecule has 0 fully saturated rings. The van der Waals surface area contributed by atoms with Gasteiger partial charge in [0.2, 0.25) is 21.8 Å². The van der Waals surface area contributed by atoms with Gasteiger partial charge in [0.25, 0.3) is 0 Å². The number of methoxy groups -OCH3 is 1. The second-order valence-corrected chi connectivity index (χ2v) is 9.30. The van der Waals surface area contributed by atoms with E-state index in [1.165, 1.54) is 19.0 Å². The van der Waals surface area contributed by atoms with E-state index in [2.05, 4.69) is 5.32 Å². The van der Waals surface area contributed by atoms with Gasteiger partial charge < -0.3 is 15.0 Å². The van der Waals surface area contributed by atoms with Gasteiger partial charge in [0.15, 0.2) is 0 Å². The number of nitrogens with one attached hydrogen (secondary N) is 1. The Bertz CT molecular complexity index is 978.